The van der Waals surface area contributed by atoms with E-state index in [-0.39, 0.29) is 0 Å². The van der Waals surface area contributed by atoms with Crippen LogP contribution in [0.2, 0.25) is 0 Å². The number of aromatic nitrogens is 2. The summed E-state index contributed by atoms with van der Waals surface area (Å²) in [6, 6.07) is 1.85. The molecule has 0 spiro atoms. The third kappa shape index (κ3) is 0.914. The second kappa shape index (κ2) is 2.39. The zero-order valence-corrected chi connectivity index (χ0v) is 6.34. The third-order valence-corrected chi connectivity index (χ3v) is 2.22. The predicted molar refractivity (Wildman–Crippen MR) is 42.8 cm³/mol. The molecule has 0 N–H and O–H groups in total. The summed E-state index contributed by atoms with van der Waals surface area (Å²) in [5.41, 5.74) is 0.469. The Morgan fingerprint density at radius 2 is 2.36 bits per heavy atom. The summed E-state index contributed by atoms with van der Waals surface area (Å²) >= 11 is 1.51. The van der Waals surface area contributed by atoms with E-state index >= 15 is 0 Å². The second-order valence-electron chi connectivity index (χ2n) is 2.02. The molecular weight excluding hydrogens is 160 g/mol. The average molecular weight is 164 g/mol. The van der Waals surface area contributed by atoms with E-state index in [9.17, 15) is 4.79 Å². The lowest BCUT2D eigenvalue weighted by Gasteiger charge is -1.89. The van der Waals surface area contributed by atoms with E-state index in [2.05, 4.69) is 9.97 Å². The van der Waals surface area contributed by atoms with Gasteiger partial charge in [-0.2, -0.15) is 0 Å². The molecule has 0 aliphatic heterocycles. The van der Waals surface area contributed by atoms with Gasteiger partial charge >= 0.3 is 0 Å². The molecule has 0 aliphatic carbocycles. The molecule has 0 radical (unpaired) electrons. The smallest absolute Gasteiger partial charge is 0.169 e. The quantitative estimate of drug-likeness (QED) is 0.600. The van der Waals surface area contributed by atoms with E-state index in [1.165, 1.54) is 17.7 Å². The fraction of sp³-hybridized carbons (Fsp3) is 0. The van der Waals surface area contributed by atoms with Gasteiger partial charge in [0.05, 0.1) is 0 Å². The first-order chi connectivity index (χ1) is 5.42. The van der Waals surface area contributed by atoms with Gasteiger partial charge in [-0.1, -0.05) is 0 Å². The minimum Gasteiger partial charge on any atom is -0.296 e. The van der Waals surface area contributed by atoms with Gasteiger partial charge in [-0.3, -0.25) is 4.79 Å². The summed E-state index contributed by atoms with van der Waals surface area (Å²) in [4.78, 5) is 19.1. The van der Waals surface area contributed by atoms with E-state index < -0.39 is 0 Å². The number of aldehydes is 1. The van der Waals surface area contributed by atoms with Crippen molar-refractivity contribution in [3.8, 4) is 0 Å². The summed E-state index contributed by atoms with van der Waals surface area (Å²) in [5, 5.41) is 2.74. The number of fused-ring (bicyclic) bond motifs is 1. The maximum atomic E-state index is 10.4. The van der Waals surface area contributed by atoms with E-state index in [1.54, 1.807) is 0 Å². The van der Waals surface area contributed by atoms with Crippen LogP contribution in [0.3, 0.4) is 0 Å². The van der Waals surface area contributed by atoms with E-state index in [0.717, 1.165) is 16.5 Å². The summed E-state index contributed by atoms with van der Waals surface area (Å²) in [6.07, 6.45) is 2.15. The summed E-state index contributed by atoms with van der Waals surface area (Å²) in [5.74, 6) is 0. The van der Waals surface area contributed by atoms with Crippen LogP contribution in [0, 0.1) is 0 Å². The highest BCUT2D eigenvalue weighted by atomic mass is 32.1. The number of carbonyl (C=O) groups excluding carboxylic acids is 1. The molecule has 54 valence electrons. The molecule has 0 saturated heterocycles. The molecule has 0 unspecified atom stereocenters. The Hall–Kier alpha value is -1.29. The van der Waals surface area contributed by atoms with Crippen LogP contribution in [-0.2, 0) is 0 Å². The first kappa shape index (κ1) is 6.42. The molecule has 0 saturated carbocycles. The Morgan fingerprint density at radius 3 is 3.18 bits per heavy atom. The molecule has 0 amide bonds. The number of hydrogen-bond donors (Lipinski definition) is 0. The normalized spacial score (nSPS) is 10.2. The van der Waals surface area contributed by atoms with E-state index in [4.69, 9.17) is 0 Å². The molecule has 0 atom stereocenters. The van der Waals surface area contributed by atoms with E-state index in [0.29, 0.717) is 5.69 Å². The SMILES string of the molecule is O=Cc1ncnc2sccc12. The topological polar surface area (TPSA) is 42.9 Å². The van der Waals surface area contributed by atoms with Crippen molar-refractivity contribution in [3.05, 3.63) is 23.5 Å². The van der Waals surface area contributed by atoms with Gasteiger partial charge in [0, 0.05) is 5.39 Å². The lowest BCUT2D eigenvalue weighted by atomic mass is 10.3. The van der Waals surface area contributed by atoms with Crippen LogP contribution in [0.1, 0.15) is 10.5 Å². The number of thiophene rings is 1. The molecular formula is C7H4N2OS. The Labute approximate surface area is 66.7 Å². The summed E-state index contributed by atoms with van der Waals surface area (Å²) < 4.78 is 0. The summed E-state index contributed by atoms with van der Waals surface area (Å²) in [7, 11) is 0. The molecule has 0 aliphatic rings. The van der Waals surface area contributed by atoms with Gasteiger partial charge in [0.15, 0.2) is 6.29 Å². The highest BCUT2D eigenvalue weighted by Crippen LogP contribution is 2.18. The van der Waals surface area contributed by atoms with Crippen LogP contribution in [0.15, 0.2) is 17.8 Å². The van der Waals surface area contributed by atoms with Crippen molar-refractivity contribution in [1.82, 2.24) is 9.97 Å². The molecule has 0 fully saturated rings. The molecule has 11 heavy (non-hydrogen) atoms. The highest BCUT2D eigenvalue weighted by Gasteiger charge is 2.01. The van der Waals surface area contributed by atoms with Gasteiger partial charge in [0.2, 0.25) is 0 Å². The van der Waals surface area contributed by atoms with Crippen molar-refractivity contribution < 1.29 is 4.79 Å². The maximum absolute atomic E-state index is 10.4. The van der Waals surface area contributed by atoms with Crippen molar-refractivity contribution in [2.24, 2.45) is 0 Å². The molecule has 2 aromatic heterocycles. The lowest BCUT2D eigenvalue weighted by molar-refractivity contribution is 0.112. The van der Waals surface area contributed by atoms with Crippen molar-refractivity contribution >= 4 is 27.8 Å². The fourth-order valence-corrected chi connectivity index (χ4v) is 1.64. The fourth-order valence-electron chi connectivity index (χ4n) is 0.903. The molecule has 0 bridgehead atoms. The second-order valence-corrected chi connectivity index (χ2v) is 2.91. The van der Waals surface area contributed by atoms with Crippen LogP contribution in [0.5, 0.6) is 0 Å². The lowest BCUT2D eigenvalue weighted by Crippen LogP contribution is -1.87. The van der Waals surface area contributed by atoms with Crippen LogP contribution in [0.4, 0.5) is 0 Å². The van der Waals surface area contributed by atoms with Gasteiger partial charge in [-0.25, -0.2) is 9.97 Å². The van der Waals surface area contributed by atoms with Crippen molar-refractivity contribution in [3.63, 3.8) is 0 Å². The standard InChI is InChI=1S/C7H4N2OS/c10-3-6-5-1-2-11-7(5)9-4-8-6/h1-4H. The molecule has 2 heterocycles. The summed E-state index contributed by atoms with van der Waals surface area (Å²) in [6.45, 7) is 0. The van der Waals surface area contributed by atoms with Gasteiger partial charge in [-0.15, -0.1) is 11.3 Å². The minimum atomic E-state index is 0.469. The number of carbonyl (C=O) groups is 1. The Kier molecular flexibility index (Phi) is 1.40. The molecule has 3 nitrogen and oxygen atoms in total. The maximum Gasteiger partial charge on any atom is 0.169 e. The Bertz CT molecular complexity index is 396. The molecule has 2 aromatic rings. The van der Waals surface area contributed by atoms with Crippen LogP contribution >= 0.6 is 11.3 Å². The Morgan fingerprint density at radius 1 is 1.45 bits per heavy atom. The van der Waals surface area contributed by atoms with Crippen molar-refractivity contribution in [2.45, 2.75) is 0 Å². The van der Waals surface area contributed by atoms with Crippen molar-refractivity contribution in [1.29, 1.82) is 0 Å². The van der Waals surface area contributed by atoms with Gasteiger partial charge in [0.25, 0.3) is 0 Å². The number of hydrogen-bond acceptors (Lipinski definition) is 4. The van der Waals surface area contributed by atoms with Gasteiger partial charge in [0.1, 0.15) is 16.9 Å². The first-order valence-electron chi connectivity index (χ1n) is 3.05. The highest BCUT2D eigenvalue weighted by molar-refractivity contribution is 7.16. The predicted octanol–water partition coefficient (Wildman–Crippen LogP) is 1.50. The van der Waals surface area contributed by atoms with Crippen molar-refractivity contribution in [2.75, 3.05) is 0 Å². The zero-order valence-electron chi connectivity index (χ0n) is 5.52. The van der Waals surface area contributed by atoms with Crippen LogP contribution in [-0.4, -0.2) is 16.3 Å². The first-order valence-corrected chi connectivity index (χ1v) is 3.93. The molecule has 4 heteroatoms. The third-order valence-electron chi connectivity index (χ3n) is 1.40. The molecule has 2 rings (SSSR count). The average Bonchev–Trinajstić information content (AvgIpc) is 2.50. The van der Waals surface area contributed by atoms with Crippen LogP contribution < -0.4 is 0 Å². The van der Waals surface area contributed by atoms with Gasteiger partial charge < -0.3 is 0 Å². The largest absolute Gasteiger partial charge is 0.296 e. The molecule has 0 aromatic carbocycles. The number of nitrogens with zero attached hydrogens (tertiary/aromatic N) is 2. The zero-order chi connectivity index (χ0) is 7.68. The Balaban J connectivity index is 2.88. The minimum absolute atomic E-state index is 0.469. The number of rotatable bonds is 1. The van der Waals surface area contributed by atoms with E-state index in [1.807, 2.05) is 11.4 Å². The van der Waals surface area contributed by atoms with Gasteiger partial charge in [-0.05, 0) is 11.4 Å². The monoisotopic (exact) mass is 164 g/mol. The van der Waals surface area contributed by atoms with Crippen LogP contribution in [0.25, 0.3) is 10.2 Å².